The molecular formula is C15H14FN5. The molecule has 21 heavy (non-hydrogen) atoms. The maximum atomic E-state index is 13.6. The van der Waals surface area contributed by atoms with Gasteiger partial charge in [-0.2, -0.15) is 0 Å². The van der Waals surface area contributed by atoms with E-state index in [1.165, 1.54) is 17.7 Å². The number of nitrogen functional groups attached to an aromatic ring is 1. The lowest BCUT2D eigenvalue weighted by molar-refractivity contribution is 0.631. The number of aromatic nitrogens is 4. The van der Waals surface area contributed by atoms with Crippen molar-refractivity contribution in [1.82, 2.24) is 20.2 Å². The second kappa shape index (κ2) is 5.32. The van der Waals surface area contributed by atoms with Gasteiger partial charge in [0.2, 0.25) is 0 Å². The highest BCUT2D eigenvalue weighted by atomic mass is 19.1. The number of halogens is 1. The number of tetrazole rings is 1. The van der Waals surface area contributed by atoms with Crippen molar-refractivity contribution >= 4 is 5.69 Å². The Hall–Kier alpha value is -2.76. The number of rotatable bonds is 3. The smallest absolute Gasteiger partial charge is 0.182 e. The van der Waals surface area contributed by atoms with Gasteiger partial charge in [-0.1, -0.05) is 29.8 Å². The molecule has 2 N–H and O–H groups in total. The van der Waals surface area contributed by atoms with Crippen molar-refractivity contribution in [2.24, 2.45) is 0 Å². The van der Waals surface area contributed by atoms with Crippen LogP contribution >= 0.6 is 0 Å². The fourth-order valence-corrected chi connectivity index (χ4v) is 2.17. The molecule has 0 amide bonds. The summed E-state index contributed by atoms with van der Waals surface area (Å²) in [5, 5.41) is 11.6. The van der Waals surface area contributed by atoms with E-state index >= 15 is 0 Å². The summed E-state index contributed by atoms with van der Waals surface area (Å²) >= 11 is 0. The molecule has 0 radical (unpaired) electrons. The molecular weight excluding hydrogens is 269 g/mol. The average molecular weight is 283 g/mol. The summed E-state index contributed by atoms with van der Waals surface area (Å²) in [7, 11) is 0. The van der Waals surface area contributed by atoms with Crippen LogP contribution < -0.4 is 5.73 Å². The first-order valence-corrected chi connectivity index (χ1v) is 6.50. The monoisotopic (exact) mass is 283 g/mol. The van der Waals surface area contributed by atoms with Crippen LogP contribution in [0, 0.1) is 12.7 Å². The molecule has 5 nitrogen and oxygen atoms in total. The molecule has 0 spiro atoms. The van der Waals surface area contributed by atoms with Gasteiger partial charge in [0.1, 0.15) is 5.82 Å². The maximum Gasteiger partial charge on any atom is 0.182 e. The minimum Gasteiger partial charge on any atom is -0.396 e. The van der Waals surface area contributed by atoms with Gasteiger partial charge in [-0.05, 0) is 41.1 Å². The van der Waals surface area contributed by atoms with E-state index < -0.39 is 5.82 Å². The molecule has 0 atom stereocenters. The van der Waals surface area contributed by atoms with E-state index in [9.17, 15) is 4.39 Å². The highest BCUT2D eigenvalue weighted by Crippen LogP contribution is 2.21. The van der Waals surface area contributed by atoms with E-state index in [-0.39, 0.29) is 5.69 Å². The number of nitrogens with zero attached hydrogens (tertiary/aromatic N) is 4. The van der Waals surface area contributed by atoms with Gasteiger partial charge in [-0.15, -0.1) is 5.10 Å². The second-order valence-corrected chi connectivity index (χ2v) is 4.89. The molecule has 1 heterocycles. The average Bonchev–Trinajstić information content (AvgIpc) is 2.90. The molecule has 2 aromatic carbocycles. The van der Waals surface area contributed by atoms with Gasteiger partial charge in [0, 0.05) is 5.56 Å². The minimum atomic E-state index is -0.474. The summed E-state index contributed by atoms with van der Waals surface area (Å²) < 4.78 is 15.2. The number of aryl methyl sites for hydroxylation is 1. The fourth-order valence-electron chi connectivity index (χ4n) is 2.17. The second-order valence-electron chi connectivity index (χ2n) is 4.89. The summed E-state index contributed by atoms with van der Waals surface area (Å²) in [5.41, 5.74) is 8.44. The Labute approximate surface area is 121 Å². The van der Waals surface area contributed by atoms with Gasteiger partial charge < -0.3 is 5.73 Å². The number of benzene rings is 2. The Morgan fingerprint density at radius 2 is 2.05 bits per heavy atom. The largest absolute Gasteiger partial charge is 0.396 e. The number of anilines is 1. The van der Waals surface area contributed by atoms with Crippen LogP contribution in [0.1, 0.15) is 11.1 Å². The van der Waals surface area contributed by atoms with E-state index in [0.717, 1.165) is 5.56 Å². The van der Waals surface area contributed by atoms with Crippen molar-refractivity contribution in [1.29, 1.82) is 0 Å². The maximum absolute atomic E-state index is 13.6. The summed E-state index contributed by atoms with van der Waals surface area (Å²) in [5.74, 6) is 0.0352. The molecule has 0 aliphatic carbocycles. The Balaban J connectivity index is 1.95. The van der Waals surface area contributed by atoms with Crippen LogP contribution in [0.5, 0.6) is 0 Å². The van der Waals surface area contributed by atoms with Crippen molar-refractivity contribution in [3.63, 3.8) is 0 Å². The van der Waals surface area contributed by atoms with Crippen molar-refractivity contribution < 1.29 is 4.39 Å². The number of hydrogen-bond acceptors (Lipinski definition) is 4. The lowest BCUT2D eigenvalue weighted by atomic mass is 10.1. The Morgan fingerprint density at radius 3 is 2.81 bits per heavy atom. The van der Waals surface area contributed by atoms with E-state index in [1.807, 2.05) is 25.1 Å². The van der Waals surface area contributed by atoms with Gasteiger partial charge in [0.15, 0.2) is 5.82 Å². The van der Waals surface area contributed by atoms with E-state index in [0.29, 0.717) is 17.9 Å². The van der Waals surface area contributed by atoms with Crippen LogP contribution in [0.4, 0.5) is 10.1 Å². The third-order valence-corrected chi connectivity index (χ3v) is 3.21. The predicted molar refractivity (Wildman–Crippen MR) is 77.9 cm³/mol. The molecule has 1 aromatic heterocycles. The molecule has 3 aromatic rings. The van der Waals surface area contributed by atoms with Gasteiger partial charge in [0.05, 0.1) is 12.2 Å². The molecule has 0 bridgehead atoms. The van der Waals surface area contributed by atoms with Crippen LogP contribution in [0.15, 0.2) is 42.5 Å². The van der Waals surface area contributed by atoms with Crippen molar-refractivity contribution in [3.05, 3.63) is 59.4 Å². The first-order chi connectivity index (χ1) is 10.1. The first-order valence-electron chi connectivity index (χ1n) is 6.50. The molecule has 106 valence electrons. The molecule has 0 saturated carbocycles. The number of nitrogens with two attached hydrogens (primary N) is 1. The topological polar surface area (TPSA) is 69.6 Å². The zero-order chi connectivity index (χ0) is 14.8. The highest BCUT2D eigenvalue weighted by molar-refractivity contribution is 5.59. The third-order valence-electron chi connectivity index (χ3n) is 3.21. The highest BCUT2D eigenvalue weighted by Gasteiger charge is 2.11. The minimum absolute atomic E-state index is 0.108. The molecule has 3 rings (SSSR count). The van der Waals surface area contributed by atoms with Gasteiger partial charge >= 0.3 is 0 Å². The van der Waals surface area contributed by atoms with Crippen LogP contribution in [-0.2, 0) is 6.54 Å². The third kappa shape index (κ3) is 2.74. The van der Waals surface area contributed by atoms with E-state index in [1.54, 1.807) is 10.7 Å². The summed E-state index contributed by atoms with van der Waals surface area (Å²) in [6.07, 6.45) is 0. The fraction of sp³-hybridized carbons (Fsp3) is 0.133. The first kappa shape index (κ1) is 13.2. The molecule has 0 saturated heterocycles. The normalized spacial score (nSPS) is 10.8. The summed E-state index contributed by atoms with van der Waals surface area (Å²) in [4.78, 5) is 0. The van der Waals surface area contributed by atoms with E-state index in [4.69, 9.17) is 5.73 Å². The number of hydrogen-bond donors (Lipinski definition) is 1. The summed E-state index contributed by atoms with van der Waals surface area (Å²) in [6, 6.07) is 12.6. The molecule has 0 aliphatic rings. The molecule has 6 heteroatoms. The Bertz CT molecular complexity index is 781. The molecule has 0 fully saturated rings. The van der Waals surface area contributed by atoms with Crippen molar-refractivity contribution in [3.8, 4) is 11.4 Å². The standard InChI is InChI=1S/C15H14FN5/c1-10-3-2-4-11(7-10)9-21-15(18-19-20-21)12-5-6-14(17)13(16)8-12/h2-8H,9,17H2,1H3. The SMILES string of the molecule is Cc1cccc(Cn2nnnc2-c2ccc(N)c(F)c2)c1. The lowest BCUT2D eigenvalue weighted by Gasteiger charge is -2.06. The van der Waals surface area contributed by atoms with E-state index in [2.05, 4.69) is 21.6 Å². The van der Waals surface area contributed by atoms with Crippen LogP contribution in [0.3, 0.4) is 0 Å². The van der Waals surface area contributed by atoms with Crippen LogP contribution in [0.25, 0.3) is 11.4 Å². The predicted octanol–water partition coefficient (Wildman–Crippen LogP) is 2.42. The van der Waals surface area contributed by atoms with Gasteiger partial charge in [-0.25, -0.2) is 9.07 Å². The zero-order valence-corrected chi connectivity index (χ0v) is 11.5. The quantitative estimate of drug-likeness (QED) is 0.749. The molecule has 0 aliphatic heterocycles. The van der Waals surface area contributed by atoms with Crippen molar-refractivity contribution in [2.75, 3.05) is 5.73 Å². The Morgan fingerprint density at radius 1 is 1.19 bits per heavy atom. The zero-order valence-electron chi connectivity index (χ0n) is 11.5. The lowest BCUT2D eigenvalue weighted by Crippen LogP contribution is -2.05. The van der Waals surface area contributed by atoms with Crippen molar-refractivity contribution in [2.45, 2.75) is 13.5 Å². The van der Waals surface area contributed by atoms with Gasteiger partial charge in [-0.3, -0.25) is 0 Å². The summed E-state index contributed by atoms with van der Waals surface area (Å²) in [6.45, 7) is 2.55. The Kier molecular flexibility index (Phi) is 3.35. The van der Waals surface area contributed by atoms with Crippen LogP contribution in [-0.4, -0.2) is 20.2 Å². The van der Waals surface area contributed by atoms with Gasteiger partial charge in [0.25, 0.3) is 0 Å². The molecule has 0 unspecified atom stereocenters. The van der Waals surface area contributed by atoms with Crippen LogP contribution in [0.2, 0.25) is 0 Å².